The van der Waals surface area contributed by atoms with Gasteiger partial charge in [-0.2, -0.15) is 0 Å². The third kappa shape index (κ3) is 1.94. The molecule has 7 nitrogen and oxygen atoms in total. The Bertz CT molecular complexity index is 349. The average molecular weight is 259 g/mol. The summed E-state index contributed by atoms with van der Waals surface area (Å²) in [6, 6.07) is -0.986. The summed E-state index contributed by atoms with van der Waals surface area (Å²) in [6.07, 6.45) is 0. The zero-order valence-electron chi connectivity index (χ0n) is 10.9. The Hall–Kier alpha value is -1.63. The molecule has 1 aliphatic heterocycles. The number of methoxy groups -OCH3 is 1. The Morgan fingerprint density at radius 2 is 1.56 bits per heavy atom. The first kappa shape index (κ1) is 14.4. The van der Waals surface area contributed by atoms with Gasteiger partial charge in [0.15, 0.2) is 6.04 Å². The molecule has 0 saturated carbocycles. The van der Waals surface area contributed by atoms with Crippen LogP contribution < -0.4 is 0 Å². The fraction of sp³-hybridized carbons (Fsp3) is 0.727. The maximum Gasteiger partial charge on any atom is 0.340 e. The number of hydrogen-bond acceptors (Lipinski definition) is 7. The van der Waals surface area contributed by atoms with Crippen LogP contribution in [0.15, 0.2) is 0 Å². The first-order chi connectivity index (χ1) is 8.48. The highest BCUT2D eigenvalue weighted by Crippen LogP contribution is 2.42. The van der Waals surface area contributed by atoms with Crippen molar-refractivity contribution in [2.45, 2.75) is 25.4 Å². The van der Waals surface area contributed by atoms with Crippen molar-refractivity contribution in [3.05, 3.63) is 0 Å². The van der Waals surface area contributed by atoms with E-state index in [9.17, 15) is 14.4 Å². The molecule has 0 spiro atoms. The molecule has 0 aliphatic carbocycles. The summed E-state index contributed by atoms with van der Waals surface area (Å²) in [4.78, 5) is 36.6. The number of esters is 3. The van der Waals surface area contributed by atoms with Gasteiger partial charge in [-0.15, -0.1) is 0 Å². The molecule has 7 heteroatoms. The second kappa shape index (κ2) is 5.34. The Morgan fingerprint density at radius 1 is 1.11 bits per heavy atom. The summed E-state index contributed by atoms with van der Waals surface area (Å²) in [6.45, 7) is 3.46. The third-order valence-corrected chi connectivity index (χ3v) is 2.87. The van der Waals surface area contributed by atoms with E-state index in [2.05, 4.69) is 4.74 Å². The van der Waals surface area contributed by atoms with E-state index in [1.807, 2.05) is 0 Å². The summed E-state index contributed by atoms with van der Waals surface area (Å²) in [5.74, 6) is -2.25. The smallest absolute Gasteiger partial charge is 0.340 e. The van der Waals surface area contributed by atoms with E-state index in [0.717, 1.165) is 0 Å². The number of carbonyl (C=O) groups is 3. The van der Waals surface area contributed by atoms with Crippen molar-refractivity contribution in [1.82, 2.24) is 4.90 Å². The molecule has 0 aromatic rings. The number of rotatable bonds is 5. The molecule has 102 valence electrons. The molecule has 0 radical (unpaired) electrons. The van der Waals surface area contributed by atoms with Crippen molar-refractivity contribution in [3.63, 3.8) is 0 Å². The zero-order chi connectivity index (χ0) is 13.9. The molecule has 0 aromatic heterocycles. The molecule has 1 heterocycles. The van der Waals surface area contributed by atoms with Gasteiger partial charge in [-0.25, -0.2) is 9.59 Å². The van der Waals surface area contributed by atoms with Gasteiger partial charge in [0.2, 0.25) is 5.54 Å². The van der Waals surface area contributed by atoms with Gasteiger partial charge >= 0.3 is 17.9 Å². The summed E-state index contributed by atoms with van der Waals surface area (Å²) in [7, 11) is 2.66. The van der Waals surface area contributed by atoms with Crippen LogP contribution >= 0.6 is 0 Å². The van der Waals surface area contributed by atoms with Gasteiger partial charge in [0, 0.05) is 0 Å². The van der Waals surface area contributed by atoms with Crippen LogP contribution in [0.5, 0.6) is 0 Å². The van der Waals surface area contributed by atoms with E-state index in [1.165, 1.54) is 19.1 Å². The highest BCUT2D eigenvalue weighted by molar-refractivity contribution is 6.15. The predicted octanol–water partition coefficient (Wildman–Crippen LogP) is -0.662. The second-order valence-electron chi connectivity index (χ2n) is 3.74. The molecule has 2 unspecified atom stereocenters. The first-order valence-electron chi connectivity index (χ1n) is 5.63. The van der Waals surface area contributed by atoms with Crippen molar-refractivity contribution in [3.8, 4) is 0 Å². The van der Waals surface area contributed by atoms with Gasteiger partial charge in [-0.05, 0) is 20.9 Å². The highest BCUT2D eigenvalue weighted by atomic mass is 16.6. The van der Waals surface area contributed by atoms with Gasteiger partial charge in [-0.1, -0.05) is 0 Å². The van der Waals surface area contributed by atoms with Crippen LogP contribution in [0.3, 0.4) is 0 Å². The molecule has 0 N–H and O–H groups in total. The van der Waals surface area contributed by atoms with Crippen LogP contribution in [0.4, 0.5) is 0 Å². The number of carbonyl (C=O) groups excluding carboxylic acids is 3. The van der Waals surface area contributed by atoms with Gasteiger partial charge in [-0.3, -0.25) is 9.69 Å². The van der Waals surface area contributed by atoms with Gasteiger partial charge in [0.1, 0.15) is 0 Å². The molecule has 0 bridgehead atoms. The first-order valence-corrected chi connectivity index (χ1v) is 5.63. The quantitative estimate of drug-likeness (QED) is 0.280. The number of likely N-dealkylation sites (N-methyl/N-ethyl adjacent to an activating group) is 1. The summed E-state index contributed by atoms with van der Waals surface area (Å²) in [5, 5.41) is 0. The fourth-order valence-corrected chi connectivity index (χ4v) is 1.93. The topological polar surface area (TPSA) is 81.9 Å². The van der Waals surface area contributed by atoms with Crippen molar-refractivity contribution >= 4 is 17.9 Å². The van der Waals surface area contributed by atoms with Crippen LogP contribution in [0, 0.1) is 0 Å². The molecule has 0 amide bonds. The predicted molar refractivity (Wildman–Crippen MR) is 59.6 cm³/mol. The summed E-state index contributed by atoms with van der Waals surface area (Å²) >= 11 is 0. The lowest BCUT2D eigenvalue weighted by molar-refractivity contribution is -0.162. The Labute approximate surface area is 105 Å². The lowest BCUT2D eigenvalue weighted by Crippen LogP contribution is -2.43. The van der Waals surface area contributed by atoms with E-state index in [-0.39, 0.29) is 13.2 Å². The van der Waals surface area contributed by atoms with Crippen LogP contribution in [0.2, 0.25) is 0 Å². The normalized spacial score (nSPS) is 24.0. The lowest BCUT2D eigenvalue weighted by Gasteiger charge is -2.13. The molecule has 1 fully saturated rings. The SMILES string of the molecule is CCOC(=O)C1(C(=O)OCC)C(C(=O)OC)N1C. The Balaban J connectivity index is 3.02. The highest BCUT2D eigenvalue weighted by Gasteiger charge is 2.77. The summed E-state index contributed by atoms with van der Waals surface area (Å²) < 4.78 is 14.2. The second-order valence-corrected chi connectivity index (χ2v) is 3.74. The van der Waals surface area contributed by atoms with E-state index < -0.39 is 29.5 Å². The molecule has 1 saturated heterocycles. The van der Waals surface area contributed by atoms with Crippen molar-refractivity contribution in [2.75, 3.05) is 27.4 Å². The Kier molecular flexibility index (Phi) is 4.28. The van der Waals surface area contributed by atoms with Crippen molar-refractivity contribution in [2.24, 2.45) is 0 Å². The number of hydrogen-bond donors (Lipinski definition) is 0. The van der Waals surface area contributed by atoms with Gasteiger partial charge in [0.25, 0.3) is 0 Å². The monoisotopic (exact) mass is 259 g/mol. The van der Waals surface area contributed by atoms with Crippen LogP contribution in [0.25, 0.3) is 0 Å². The minimum Gasteiger partial charge on any atom is -0.468 e. The molecule has 1 rings (SSSR count). The fourth-order valence-electron chi connectivity index (χ4n) is 1.93. The minimum absolute atomic E-state index is 0.113. The Morgan fingerprint density at radius 3 is 1.89 bits per heavy atom. The molecule has 1 aliphatic rings. The molecule has 18 heavy (non-hydrogen) atoms. The van der Waals surface area contributed by atoms with E-state index in [4.69, 9.17) is 9.47 Å². The standard InChI is InChI=1S/C11H17NO6/c1-5-17-9(14)11(10(15)18-6-2)7(12(11)3)8(13)16-4/h7H,5-6H2,1-4H3. The van der Waals surface area contributed by atoms with E-state index in [1.54, 1.807) is 13.8 Å². The molecular formula is C11H17NO6. The van der Waals surface area contributed by atoms with E-state index in [0.29, 0.717) is 0 Å². The molecule has 0 aromatic carbocycles. The maximum absolute atomic E-state index is 11.9. The largest absolute Gasteiger partial charge is 0.468 e. The number of ether oxygens (including phenoxy) is 3. The van der Waals surface area contributed by atoms with Gasteiger partial charge in [0.05, 0.1) is 20.3 Å². The average Bonchev–Trinajstić information content (AvgIpc) is 2.96. The maximum atomic E-state index is 11.9. The van der Waals surface area contributed by atoms with Crippen molar-refractivity contribution in [1.29, 1.82) is 0 Å². The minimum atomic E-state index is -1.70. The van der Waals surface area contributed by atoms with Crippen molar-refractivity contribution < 1.29 is 28.6 Å². The third-order valence-electron chi connectivity index (χ3n) is 2.87. The van der Waals surface area contributed by atoms with E-state index >= 15 is 0 Å². The van der Waals surface area contributed by atoms with Gasteiger partial charge < -0.3 is 14.2 Å². The summed E-state index contributed by atoms with van der Waals surface area (Å²) in [5.41, 5.74) is -1.70. The molecular weight excluding hydrogens is 242 g/mol. The zero-order valence-corrected chi connectivity index (χ0v) is 10.9. The molecule has 2 atom stereocenters. The van der Waals surface area contributed by atoms with Crippen LogP contribution in [-0.2, 0) is 28.6 Å². The number of nitrogens with zero attached hydrogens (tertiary/aromatic N) is 1. The van der Waals surface area contributed by atoms with Crippen LogP contribution in [0.1, 0.15) is 13.8 Å². The van der Waals surface area contributed by atoms with Crippen LogP contribution in [-0.4, -0.2) is 61.8 Å². The lowest BCUT2D eigenvalue weighted by atomic mass is 10.1.